The van der Waals surface area contributed by atoms with Crippen LogP contribution < -0.4 is 0 Å². The lowest BCUT2D eigenvalue weighted by Crippen LogP contribution is -2.19. The van der Waals surface area contributed by atoms with Crippen molar-refractivity contribution in [3.05, 3.63) is 46.0 Å². The Morgan fingerprint density at radius 2 is 2.00 bits per heavy atom. The molecule has 0 aliphatic rings. The molecule has 0 radical (unpaired) electrons. The zero-order chi connectivity index (χ0) is 13.1. The number of allylic oxidation sites excluding steroid dienone is 1. The molecule has 0 heterocycles. The number of nitro groups is 1. The average Bonchev–Trinajstić information content (AvgIpc) is 2.25. The first-order chi connectivity index (χ1) is 7.80. The van der Waals surface area contributed by atoms with Gasteiger partial charge in [0.1, 0.15) is 0 Å². The van der Waals surface area contributed by atoms with Crippen molar-refractivity contribution in [2.24, 2.45) is 0 Å². The zero-order valence-corrected chi connectivity index (χ0v) is 8.27. The number of nitro benzene ring substituents is 1. The third-order valence-electron chi connectivity index (χ3n) is 1.79. The number of benzene rings is 1. The van der Waals surface area contributed by atoms with Gasteiger partial charge in [0.25, 0.3) is 11.5 Å². The number of carbonyl (C=O) groups is 1. The Morgan fingerprint density at radius 1 is 1.35 bits per heavy atom. The van der Waals surface area contributed by atoms with E-state index in [0.717, 1.165) is 12.1 Å². The molecule has 0 aliphatic carbocycles. The van der Waals surface area contributed by atoms with E-state index in [9.17, 15) is 28.1 Å². The van der Waals surface area contributed by atoms with Crippen LogP contribution >= 0.6 is 0 Å². The predicted molar refractivity (Wildman–Crippen MR) is 53.2 cm³/mol. The lowest BCUT2D eigenvalue weighted by Gasteiger charge is -1.99. The number of alkyl halides is 3. The lowest BCUT2D eigenvalue weighted by atomic mass is 10.2. The van der Waals surface area contributed by atoms with Crippen molar-refractivity contribution in [3.63, 3.8) is 0 Å². The number of hydrogen-bond donors (Lipinski definition) is 0. The van der Waals surface area contributed by atoms with E-state index >= 15 is 0 Å². The summed E-state index contributed by atoms with van der Waals surface area (Å²) in [7, 11) is 0. The van der Waals surface area contributed by atoms with Gasteiger partial charge in [-0.2, -0.15) is 13.2 Å². The van der Waals surface area contributed by atoms with Gasteiger partial charge in [0.15, 0.2) is 0 Å². The van der Waals surface area contributed by atoms with Crippen molar-refractivity contribution in [2.75, 3.05) is 0 Å². The maximum atomic E-state index is 11.9. The van der Waals surface area contributed by atoms with E-state index in [1.165, 1.54) is 18.2 Å². The maximum Gasteiger partial charge on any atom is 0.454 e. The molecule has 1 aromatic carbocycles. The topological polar surface area (TPSA) is 60.2 Å². The Bertz CT molecular complexity index is 480. The van der Waals surface area contributed by atoms with E-state index in [1.54, 1.807) is 0 Å². The number of carbonyl (C=O) groups excluding carboxylic acids is 1. The Balaban J connectivity index is 2.89. The molecule has 0 saturated heterocycles. The number of halogens is 3. The molecule has 7 heteroatoms. The van der Waals surface area contributed by atoms with Crippen LogP contribution in [0.25, 0.3) is 6.08 Å². The van der Waals surface area contributed by atoms with Crippen molar-refractivity contribution in [3.8, 4) is 0 Å². The number of hydrogen-bond acceptors (Lipinski definition) is 3. The minimum absolute atomic E-state index is 0.150. The van der Waals surface area contributed by atoms with Crippen molar-refractivity contribution in [1.82, 2.24) is 0 Å². The van der Waals surface area contributed by atoms with Gasteiger partial charge in [-0.3, -0.25) is 14.9 Å². The molecular weight excluding hydrogens is 239 g/mol. The summed E-state index contributed by atoms with van der Waals surface area (Å²) in [6.45, 7) is 0. The van der Waals surface area contributed by atoms with Crippen LogP contribution in [-0.2, 0) is 4.79 Å². The van der Waals surface area contributed by atoms with Gasteiger partial charge < -0.3 is 0 Å². The van der Waals surface area contributed by atoms with Crippen LogP contribution in [0.3, 0.4) is 0 Å². The molecule has 0 aromatic heterocycles. The molecule has 0 N–H and O–H groups in total. The SMILES string of the molecule is O=C(/C=C\c1cccc([N+](=O)[O-])c1)C(F)(F)F. The van der Waals surface area contributed by atoms with Crippen LogP contribution in [0.2, 0.25) is 0 Å². The maximum absolute atomic E-state index is 11.9. The van der Waals surface area contributed by atoms with E-state index in [0.29, 0.717) is 6.08 Å². The molecule has 17 heavy (non-hydrogen) atoms. The molecule has 0 fully saturated rings. The summed E-state index contributed by atoms with van der Waals surface area (Å²) in [5.74, 6) is -2.01. The van der Waals surface area contributed by atoms with Gasteiger partial charge in [-0.25, -0.2) is 0 Å². The molecule has 0 spiro atoms. The van der Waals surface area contributed by atoms with Crippen molar-refractivity contribution < 1.29 is 22.9 Å². The normalized spacial score (nSPS) is 11.7. The van der Waals surface area contributed by atoms with Crippen molar-refractivity contribution in [1.29, 1.82) is 0 Å². The van der Waals surface area contributed by atoms with E-state index in [1.807, 2.05) is 0 Å². The highest BCUT2D eigenvalue weighted by molar-refractivity contribution is 5.97. The number of non-ortho nitro benzene ring substituents is 1. The summed E-state index contributed by atoms with van der Waals surface area (Å²) < 4.78 is 35.6. The molecular formula is C10H6F3NO3. The molecule has 90 valence electrons. The highest BCUT2D eigenvalue weighted by Gasteiger charge is 2.35. The summed E-state index contributed by atoms with van der Waals surface area (Å²) in [6.07, 6.45) is -3.72. The molecule has 1 aromatic rings. The van der Waals surface area contributed by atoms with Crippen LogP contribution in [0.15, 0.2) is 30.3 Å². The molecule has 1 rings (SSSR count). The summed E-state index contributed by atoms with van der Waals surface area (Å²) >= 11 is 0. The predicted octanol–water partition coefficient (Wildman–Crippen LogP) is 2.74. The minimum Gasteiger partial charge on any atom is -0.285 e. The molecule has 0 unspecified atom stereocenters. The van der Waals surface area contributed by atoms with Crippen molar-refractivity contribution in [2.45, 2.75) is 6.18 Å². The van der Waals surface area contributed by atoms with E-state index in [2.05, 4.69) is 0 Å². The number of rotatable bonds is 3. The molecule has 0 bridgehead atoms. The smallest absolute Gasteiger partial charge is 0.285 e. The highest BCUT2D eigenvalue weighted by Crippen LogP contribution is 2.18. The fourth-order valence-corrected chi connectivity index (χ4v) is 1.01. The molecule has 0 atom stereocenters. The third kappa shape index (κ3) is 3.71. The summed E-state index contributed by atoms with van der Waals surface area (Å²) in [4.78, 5) is 20.2. The van der Waals surface area contributed by atoms with Crippen LogP contribution in [0.1, 0.15) is 5.56 Å². The first kappa shape index (κ1) is 12.9. The van der Waals surface area contributed by atoms with Gasteiger partial charge >= 0.3 is 6.18 Å². The third-order valence-corrected chi connectivity index (χ3v) is 1.79. The standard InChI is InChI=1S/C10H6F3NO3/c11-10(12,13)9(15)5-4-7-2-1-3-8(6-7)14(16)17/h1-6H/b5-4-. The molecule has 0 amide bonds. The van der Waals surface area contributed by atoms with Gasteiger partial charge in [-0.05, 0) is 11.6 Å². The van der Waals surface area contributed by atoms with E-state index in [4.69, 9.17) is 0 Å². The molecule has 4 nitrogen and oxygen atoms in total. The van der Waals surface area contributed by atoms with E-state index in [-0.39, 0.29) is 11.3 Å². The van der Waals surface area contributed by atoms with Gasteiger partial charge in [0, 0.05) is 12.1 Å². The van der Waals surface area contributed by atoms with Gasteiger partial charge in [-0.15, -0.1) is 0 Å². The quantitative estimate of drug-likeness (QED) is 0.467. The van der Waals surface area contributed by atoms with Gasteiger partial charge in [-0.1, -0.05) is 18.2 Å². The first-order valence-corrected chi connectivity index (χ1v) is 4.34. The minimum atomic E-state index is -4.93. The van der Waals surface area contributed by atoms with Crippen LogP contribution in [0.4, 0.5) is 18.9 Å². The van der Waals surface area contributed by atoms with Gasteiger partial charge in [0.05, 0.1) is 4.92 Å². The second-order valence-electron chi connectivity index (χ2n) is 3.05. The molecule has 0 saturated carbocycles. The summed E-state index contributed by atoms with van der Waals surface area (Å²) in [6, 6.07) is 4.94. The van der Waals surface area contributed by atoms with E-state index < -0.39 is 16.9 Å². The monoisotopic (exact) mass is 245 g/mol. The zero-order valence-electron chi connectivity index (χ0n) is 8.27. The Labute approximate surface area is 93.5 Å². The van der Waals surface area contributed by atoms with Crippen LogP contribution in [0, 0.1) is 10.1 Å². The fourth-order valence-electron chi connectivity index (χ4n) is 1.01. The summed E-state index contributed by atoms with van der Waals surface area (Å²) in [5, 5.41) is 10.4. The second kappa shape index (κ2) is 4.77. The fraction of sp³-hybridized carbons (Fsp3) is 0.100. The van der Waals surface area contributed by atoms with Crippen molar-refractivity contribution >= 4 is 17.5 Å². The summed E-state index contributed by atoms with van der Waals surface area (Å²) in [5.41, 5.74) is -0.108. The first-order valence-electron chi connectivity index (χ1n) is 4.34. The van der Waals surface area contributed by atoms with Gasteiger partial charge in [0.2, 0.25) is 0 Å². The highest BCUT2D eigenvalue weighted by atomic mass is 19.4. The number of ketones is 1. The molecule has 0 aliphatic heterocycles. The van der Waals surface area contributed by atoms with Crippen LogP contribution in [0.5, 0.6) is 0 Å². The number of nitrogens with zero attached hydrogens (tertiary/aromatic N) is 1. The Hall–Kier alpha value is -2.18. The Morgan fingerprint density at radius 3 is 2.53 bits per heavy atom. The Kier molecular flexibility index (Phi) is 3.62. The average molecular weight is 245 g/mol. The second-order valence-corrected chi connectivity index (χ2v) is 3.05. The largest absolute Gasteiger partial charge is 0.454 e. The van der Waals surface area contributed by atoms with Crippen LogP contribution in [-0.4, -0.2) is 16.9 Å². The lowest BCUT2D eigenvalue weighted by molar-refractivity contribution is -0.384.